The van der Waals surface area contributed by atoms with E-state index < -0.39 is 11.4 Å². The van der Waals surface area contributed by atoms with E-state index in [1.54, 1.807) is 24.3 Å². The molecule has 1 N–H and O–H groups in total. The van der Waals surface area contributed by atoms with Crippen molar-refractivity contribution in [3.8, 4) is 0 Å². The highest BCUT2D eigenvalue weighted by molar-refractivity contribution is 7.74. The van der Waals surface area contributed by atoms with E-state index in [9.17, 15) is 13.6 Å². The minimum atomic E-state index is -2.65. The van der Waals surface area contributed by atoms with Gasteiger partial charge in [-0.25, -0.2) is 9.27 Å². The number of amides is 1. The molecule has 1 fully saturated rings. The molecule has 1 atom stereocenters. The average Bonchev–Trinajstić information content (AvgIpc) is 2.70. The van der Waals surface area contributed by atoms with Crippen molar-refractivity contribution >= 4 is 28.6 Å². The second-order valence-electron chi connectivity index (χ2n) is 7.28. The largest absolute Gasteiger partial charge is 0.748 e. The molecular weight excluding hydrogens is 390 g/mol. The van der Waals surface area contributed by atoms with Crippen LogP contribution in [-0.4, -0.2) is 46.3 Å². The molecule has 1 aliphatic rings. The van der Waals surface area contributed by atoms with Crippen LogP contribution in [-0.2, 0) is 26.9 Å². The van der Waals surface area contributed by atoms with Gasteiger partial charge in [0.1, 0.15) is 11.4 Å². The third-order valence-electron chi connectivity index (χ3n) is 5.11. The quantitative estimate of drug-likeness (QED) is 0.526. The molecule has 8 heteroatoms. The maximum atomic E-state index is 12.4. The van der Waals surface area contributed by atoms with Gasteiger partial charge in [0, 0.05) is 12.7 Å². The van der Waals surface area contributed by atoms with E-state index in [4.69, 9.17) is 0 Å². The smallest absolute Gasteiger partial charge is 0.238 e. The van der Waals surface area contributed by atoms with Crippen LogP contribution in [0.1, 0.15) is 18.4 Å². The van der Waals surface area contributed by atoms with Gasteiger partial charge in [0.25, 0.3) is 0 Å². The van der Waals surface area contributed by atoms with Crippen LogP contribution >= 0.6 is 0 Å². The van der Waals surface area contributed by atoms with Gasteiger partial charge in [-0.3, -0.25) is 9.69 Å². The van der Waals surface area contributed by atoms with E-state index in [2.05, 4.69) is 38.8 Å². The third kappa shape index (κ3) is 6.93. The number of hydroxylamine groups is 1. The number of likely N-dealkylation sites (tertiary alicyclic amines) is 1. The highest BCUT2D eigenvalue weighted by Gasteiger charge is 2.21. The molecule has 2 aromatic rings. The Morgan fingerprint density at radius 1 is 1.21 bits per heavy atom. The van der Waals surface area contributed by atoms with Crippen molar-refractivity contribution in [1.82, 2.24) is 4.90 Å². The highest BCUT2D eigenvalue weighted by atomic mass is 32.2. The van der Waals surface area contributed by atoms with Gasteiger partial charge in [0.15, 0.2) is 0 Å². The van der Waals surface area contributed by atoms with Crippen molar-refractivity contribution in [2.75, 3.05) is 37.1 Å². The molecule has 1 saturated heterocycles. The molecule has 29 heavy (non-hydrogen) atoms. The summed E-state index contributed by atoms with van der Waals surface area (Å²) >= 11 is -2.65. The predicted octanol–water partition coefficient (Wildman–Crippen LogP) is 2.74. The fraction of sp³-hybridized carbons (Fsp3) is 0.381. The molecule has 1 unspecified atom stereocenters. The lowest BCUT2D eigenvalue weighted by Crippen LogP contribution is -2.39. The van der Waals surface area contributed by atoms with E-state index in [0.29, 0.717) is 23.8 Å². The molecule has 1 heterocycles. The SMILES string of the molecule is CN(OS(=O)[O-])c1cccc(NC(=O)CN2CCC(Cc3ccccc3)CC2)c1. The molecule has 0 bridgehead atoms. The van der Waals surface area contributed by atoms with Crippen LogP contribution in [0, 0.1) is 5.92 Å². The van der Waals surface area contributed by atoms with Crippen LogP contribution in [0.2, 0.25) is 0 Å². The Kier molecular flexibility index (Phi) is 7.76. The molecule has 0 radical (unpaired) electrons. The van der Waals surface area contributed by atoms with Crippen LogP contribution in [0.3, 0.4) is 0 Å². The number of hydrogen-bond donors (Lipinski definition) is 1. The number of carbonyl (C=O) groups excluding carboxylic acids is 1. The lowest BCUT2D eigenvalue weighted by molar-refractivity contribution is -0.117. The zero-order chi connectivity index (χ0) is 20.6. The van der Waals surface area contributed by atoms with Gasteiger partial charge in [0.2, 0.25) is 5.91 Å². The lowest BCUT2D eigenvalue weighted by atomic mass is 9.90. The molecule has 2 aromatic carbocycles. The summed E-state index contributed by atoms with van der Waals surface area (Å²) in [4.78, 5) is 14.6. The van der Waals surface area contributed by atoms with Gasteiger partial charge >= 0.3 is 0 Å². The summed E-state index contributed by atoms with van der Waals surface area (Å²) in [5.41, 5.74) is 2.49. The number of rotatable bonds is 8. The van der Waals surface area contributed by atoms with Gasteiger partial charge in [0.05, 0.1) is 12.2 Å². The second-order valence-corrected chi connectivity index (χ2v) is 7.84. The van der Waals surface area contributed by atoms with Crippen molar-refractivity contribution in [1.29, 1.82) is 0 Å². The van der Waals surface area contributed by atoms with Crippen molar-refractivity contribution < 1.29 is 17.8 Å². The Hall–Kier alpha value is -2.26. The first-order chi connectivity index (χ1) is 14.0. The fourth-order valence-electron chi connectivity index (χ4n) is 3.61. The Labute approximate surface area is 174 Å². The summed E-state index contributed by atoms with van der Waals surface area (Å²) in [7, 11) is 1.48. The van der Waals surface area contributed by atoms with Crippen molar-refractivity contribution in [2.24, 2.45) is 5.92 Å². The number of carbonyl (C=O) groups is 1. The van der Waals surface area contributed by atoms with Crippen molar-refractivity contribution in [3.05, 3.63) is 60.2 Å². The van der Waals surface area contributed by atoms with Gasteiger partial charge < -0.3 is 9.87 Å². The van der Waals surface area contributed by atoms with Crippen LogP contribution in [0.5, 0.6) is 0 Å². The van der Waals surface area contributed by atoms with Gasteiger partial charge in [-0.05, 0) is 62.0 Å². The van der Waals surface area contributed by atoms with E-state index in [-0.39, 0.29) is 5.91 Å². The second kappa shape index (κ2) is 10.5. The molecule has 3 rings (SSSR count). The minimum Gasteiger partial charge on any atom is -0.748 e. The Morgan fingerprint density at radius 3 is 2.62 bits per heavy atom. The summed E-state index contributed by atoms with van der Waals surface area (Å²) in [6.07, 6.45) is 3.27. The van der Waals surface area contributed by atoms with E-state index in [1.165, 1.54) is 12.6 Å². The van der Waals surface area contributed by atoms with Crippen molar-refractivity contribution in [2.45, 2.75) is 19.3 Å². The van der Waals surface area contributed by atoms with Crippen LogP contribution in [0.25, 0.3) is 0 Å². The summed E-state index contributed by atoms with van der Waals surface area (Å²) in [6, 6.07) is 17.4. The van der Waals surface area contributed by atoms with Gasteiger partial charge in [-0.15, -0.1) is 0 Å². The standard InChI is InChI=1S/C21H27N3O4S/c1-23(28-29(26)27)20-9-5-8-19(15-20)22-21(25)16-24-12-10-18(11-13-24)14-17-6-3-2-4-7-17/h2-9,15,18H,10-14,16H2,1H3,(H,22,25)(H,26,27)/p-1. The zero-order valence-electron chi connectivity index (χ0n) is 16.5. The van der Waals surface area contributed by atoms with Crippen LogP contribution in [0.4, 0.5) is 11.4 Å². The minimum absolute atomic E-state index is 0.0837. The van der Waals surface area contributed by atoms with Crippen LogP contribution < -0.4 is 10.4 Å². The maximum absolute atomic E-state index is 12.4. The Balaban J connectivity index is 1.45. The molecule has 156 valence electrons. The van der Waals surface area contributed by atoms with Gasteiger partial charge in [-0.2, -0.15) is 4.28 Å². The van der Waals surface area contributed by atoms with E-state index in [1.807, 2.05) is 6.07 Å². The maximum Gasteiger partial charge on any atom is 0.238 e. The molecule has 0 aliphatic carbocycles. The first-order valence-corrected chi connectivity index (χ1v) is 10.7. The van der Waals surface area contributed by atoms with E-state index in [0.717, 1.165) is 37.4 Å². The lowest BCUT2D eigenvalue weighted by Gasteiger charge is -2.31. The zero-order valence-corrected chi connectivity index (χ0v) is 17.3. The first-order valence-electron chi connectivity index (χ1n) is 9.67. The van der Waals surface area contributed by atoms with Crippen LogP contribution in [0.15, 0.2) is 54.6 Å². The number of nitrogens with zero attached hydrogens (tertiary/aromatic N) is 2. The number of piperidine rings is 1. The molecular formula is C21H26N3O4S-. The third-order valence-corrected chi connectivity index (χ3v) is 5.45. The van der Waals surface area contributed by atoms with Crippen molar-refractivity contribution in [3.63, 3.8) is 0 Å². The topological polar surface area (TPSA) is 84.9 Å². The normalized spacial score (nSPS) is 16.3. The number of nitrogens with one attached hydrogen (secondary N) is 1. The first kappa shape index (κ1) is 21.4. The Morgan fingerprint density at radius 2 is 1.93 bits per heavy atom. The number of hydrogen-bond acceptors (Lipinski definition) is 6. The monoisotopic (exact) mass is 416 g/mol. The fourth-order valence-corrected chi connectivity index (χ4v) is 3.88. The summed E-state index contributed by atoms with van der Waals surface area (Å²) in [5, 5.41) is 3.99. The molecule has 1 amide bonds. The number of benzene rings is 2. The van der Waals surface area contributed by atoms with Gasteiger partial charge in [-0.1, -0.05) is 36.4 Å². The number of anilines is 2. The highest BCUT2D eigenvalue weighted by Crippen LogP contribution is 2.22. The molecule has 1 aliphatic heterocycles. The molecule has 0 saturated carbocycles. The predicted molar refractivity (Wildman–Crippen MR) is 113 cm³/mol. The average molecular weight is 417 g/mol. The molecule has 0 aromatic heterocycles. The van der Waals surface area contributed by atoms with E-state index >= 15 is 0 Å². The Bertz CT molecular complexity index is 826. The summed E-state index contributed by atoms with van der Waals surface area (Å²) in [5.74, 6) is 0.579. The summed E-state index contributed by atoms with van der Waals surface area (Å²) < 4.78 is 25.9. The molecule has 0 spiro atoms. The summed E-state index contributed by atoms with van der Waals surface area (Å²) in [6.45, 7) is 2.17. The molecule has 7 nitrogen and oxygen atoms in total.